The molecule has 5 aromatic heterocycles. The van der Waals surface area contributed by atoms with Gasteiger partial charge in [-0.3, -0.25) is 5.10 Å². The van der Waals surface area contributed by atoms with Crippen molar-refractivity contribution in [3.8, 4) is 21.8 Å². The Kier molecular flexibility index (Phi) is 4.17. The van der Waals surface area contributed by atoms with Crippen molar-refractivity contribution >= 4 is 33.4 Å². The average Bonchev–Trinajstić information content (AvgIpc) is 3.51. The second-order valence-electron chi connectivity index (χ2n) is 7.94. The second kappa shape index (κ2) is 7.04. The highest BCUT2D eigenvalue weighted by molar-refractivity contribution is 7.15. The van der Waals surface area contributed by atoms with E-state index in [1.807, 2.05) is 6.20 Å². The number of H-pyrrole nitrogens is 2. The monoisotopic (exact) mass is 414 g/mol. The Bertz CT molecular complexity index is 1350. The molecule has 0 unspecified atom stereocenters. The first kappa shape index (κ1) is 17.8. The third kappa shape index (κ3) is 2.93. The largest absolute Gasteiger partial charge is 0.338 e. The third-order valence-electron chi connectivity index (χ3n) is 5.98. The molecule has 0 radical (unpaired) electrons. The van der Waals surface area contributed by atoms with Crippen LogP contribution in [0.3, 0.4) is 0 Å². The summed E-state index contributed by atoms with van der Waals surface area (Å²) >= 11 is 1.80. The fraction of sp³-hybridized carbons (Fsp3) is 0.261. The summed E-state index contributed by atoms with van der Waals surface area (Å²) in [7, 11) is 0. The van der Waals surface area contributed by atoms with Crippen LogP contribution in [0.4, 0.5) is 0 Å². The van der Waals surface area contributed by atoms with Crippen molar-refractivity contribution in [1.29, 1.82) is 0 Å². The van der Waals surface area contributed by atoms with Gasteiger partial charge in [0.25, 0.3) is 0 Å². The normalized spacial score (nSPS) is 15.4. The van der Waals surface area contributed by atoms with Crippen molar-refractivity contribution in [3.63, 3.8) is 0 Å². The van der Waals surface area contributed by atoms with Crippen LogP contribution >= 0.6 is 11.3 Å². The van der Waals surface area contributed by atoms with E-state index in [0.717, 1.165) is 65.1 Å². The summed E-state index contributed by atoms with van der Waals surface area (Å²) in [5, 5.41) is 12.3. The number of hydrogen-bond acceptors (Lipinski definition) is 5. The highest BCUT2D eigenvalue weighted by Crippen LogP contribution is 2.36. The van der Waals surface area contributed by atoms with Gasteiger partial charge in [0.2, 0.25) is 0 Å². The Hall–Kier alpha value is -3.03. The van der Waals surface area contributed by atoms with E-state index < -0.39 is 0 Å². The summed E-state index contributed by atoms with van der Waals surface area (Å²) in [6.45, 7) is 4.25. The minimum absolute atomic E-state index is 0.511. The molecule has 1 saturated heterocycles. The van der Waals surface area contributed by atoms with Crippen molar-refractivity contribution in [2.75, 3.05) is 13.1 Å². The molecular formula is C23H22N6S. The molecule has 0 aliphatic carbocycles. The zero-order valence-corrected chi connectivity index (χ0v) is 17.5. The summed E-state index contributed by atoms with van der Waals surface area (Å²) in [4.78, 5) is 15.6. The molecule has 3 N–H and O–H groups in total. The molecule has 150 valence electrons. The molecule has 6 rings (SSSR count). The molecule has 0 spiro atoms. The summed E-state index contributed by atoms with van der Waals surface area (Å²) in [6, 6.07) is 12.8. The molecule has 0 bridgehead atoms. The van der Waals surface area contributed by atoms with Crippen LogP contribution in [0, 0.1) is 6.92 Å². The Labute approximate surface area is 177 Å². The van der Waals surface area contributed by atoms with Crippen LogP contribution in [0.25, 0.3) is 43.9 Å². The lowest BCUT2D eigenvalue weighted by molar-refractivity contribution is 0.454. The number of thiophene rings is 1. The zero-order chi connectivity index (χ0) is 20.1. The van der Waals surface area contributed by atoms with E-state index in [2.05, 4.69) is 68.8 Å². The number of nitrogens with one attached hydrogen (secondary N) is 3. The number of rotatable bonds is 3. The maximum absolute atomic E-state index is 5.03. The van der Waals surface area contributed by atoms with Crippen molar-refractivity contribution in [2.45, 2.75) is 25.7 Å². The van der Waals surface area contributed by atoms with Crippen molar-refractivity contribution in [1.82, 2.24) is 30.5 Å². The molecule has 1 fully saturated rings. The Morgan fingerprint density at radius 3 is 2.80 bits per heavy atom. The molecule has 0 aromatic carbocycles. The average molecular weight is 415 g/mol. The molecule has 1 aliphatic rings. The Morgan fingerprint density at radius 2 is 1.97 bits per heavy atom. The number of nitrogens with zero attached hydrogens (tertiary/aromatic N) is 3. The van der Waals surface area contributed by atoms with E-state index in [9.17, 15) is 0 Å². The summed E-state index contributed by atoms with van der Waals surface area (Å²) in [5.41, 5.74) is 6.92. The maximum atomic E-state index is 5.03. The molecule has 0 saturated carbocycles. The lowest BCUT2D eigenvalue weighted by Gasteiger charge is -2.22. The van der Waals surface area contributed by atoms with Crippen molar-refractivity contribution in [3.05, 3.63) is 53.2 Å². The van der Waals surface area contributed by atoms with Crippen LogP contribution < -0.4 is 5.32 Å². The first-order chi connectivity index (χ1) is 14.8. The predicted molar refractivity (Wildman–Crippen MR) is 122 cm³/mol. The molecule has 5 aromatic rings. The van der Waals surface area contributed by atoms with Crippen LogP contribution in [0.15, 0.2) is 42.6 Å². The standard InChI is InChI=1S/C23H22N6S/c1-13-2-5-20(30-13)15-8-11-25-23-16(15)12-19(27-23)22-21-18(28-29-22)4-3-17(26-21)14-6-9-24-10-7-14/h2-5,8,11-12,14,24H,6-7,9-10H2,1H3,(H,25,27)(H,28,29). The van der Waals surface area contributed by atoms with E-state index in [0.29, 0.717) is 5.92 Å². The lowest BCUT2D eigenvalue weighted by Crippen LogP contribution is -2.27. The Balaban J connectivity index is 1.47. The molecule has 1 aliphatic heterocycles. The maximum Gasteiger partial charge on any atom is 0.138 e. The smallest absolute Gasteiger partial charge is 0.138 e. The highest BCUT2D eigenvalue weighted by Gasteiger charge is 2.20. The SMILES string of the molecule is Cc1ccc(-c2ccnc3[nH]c(-c4n[nH]c5ccc(C6CCNCC6)nc45)cc23)s1. The van der Waals surface area contributed by atoms with Crippen LogP contribution in [-0.2, 0) is 0 Å². The highest BCUT2D eigenvalue weighted by atomic mass is 32.1. The number of piperidine rings is 1. The van der Waals surface area contributed by atoms with Crippen molar-refractivity contribution < 1.29 is 0 Å². The fourth-order valence-corrected chi connectivity index (χ4v) is 5.30. The van der Waals surface area contributed by atoms with Gasteiger partial charge in [-0.15, -0.1) is 11.3 Å². The molecule has 6 nitrogen and oxygen atoms in total. The number of hydrogen-bond donors (Lipinski definition) is 3. The molecule has 0 amide bonds. The number of aromatic amines is 2. The van der Waals surface area contributed by atoms with E-state index in [1.165, 1.54) is 15.3 Å². The van der Waals surface area contributed by atoms with E-state index in [4.69, 9.17) is 4.98 Å². The third-order valence-corrected chi connectivity index (χ3v) is 7.01. The van der Waals surface area contributed by atoms with Crippen molar-refractivity contribution in [2.24, 2.45) is 0 Å². The van der Waals surface area contributed by atoms with Gasteiger partial charge in [0.1, 0.15) is 16.9 Å². The number of pyridine rings is 2. The van der Waals surface area contributed by atoms with E-state index in [-0.39, 0.29) is 0 Å². The quantitative estimate of drug-likeness (QED) is 0.388. The molecule has 7 heteroatoms. The fourth-order valence-electron chi connectivity index (χ4n) is 4.40. The number of aryl methyl sites for hydroxylation is 1. The van der Waals surface area contributed by atoms with E-state index >= 15 is 0 Å². The predicted octanol–water partition coefficient (Wildman–Crippen LogP) is 5.01. The minimum Gasteiger partial charge on any atom is -0.338 e. The first-order valence-electron chi connectivity index (χ1n) is 10.4. The Morgan fingerprint density at radius 1 is 1.07 bits per heavy atom. The van der Waals surface area contributed by atoms with Gasteiger partial charge in [0.15, 0.2) is 0 Å². The van der Waals surface area contributed by atoms with Gasteiger partial charge in [-0.05, 0) is 69.3 Å². The molecule has 0 atom stereocenters. The molecule has 30 heavy (non-hydrogen) atoms. The molecular weight excluding hydrogens is 392 g/mol. The topological polar surface area (TPSA) is 82.3 Å². The number of fused-ring (bicyclic) bond motifs is 2. The lowest BCUT2D eigenvalue weighted by atomic mass is 9.94. The van der Waals surface area contributed by atoms with Gasteiger partial charge in [0.05, 0.1) is 11.2 Å². The zero-order valence-electron chi connectivity index (χ0n) is 16.7. The molecule has 6 heterocycles. The second-order valence-corrected chi connectivity index (χ2v) is 9.23. The van der Waals surface area contributed by atoms with Crippen LogP contribution in [0.1, 0.15) is 29.3 Å². The van der Waals surface area contributed by atoms with E-state index in [1.54, 1.807) is 11.3 Å². The van der Waals surface area contributed by atoms with Crippen LogP contribution in [0.5, 0.6) is 0 Å². The van der Waals surface area contributed by atoms with Gasteiger partial charge in [-0.1, -0.05) is 0 Å². The van der Waals surface area contributed by atoms with Gasteiger partial charge in [-0.2, -0.15) is 5.10 Å². The van der Waals surface area contributed by atoms with Gasteiger partial charge in [-0.25, -0.2) is 9.97 Å². The van der Waals surface area contributed by atoms with Gasteiger partial charge in [0, 0.05) is 38.5 Å². The summed E-state index contributed by atoms with van der Waals surface area (Å²) < 4.78 is 0. The minimum atomic E-state index is 0.511. The number of aromatic nitrogens is 5. The summed E-state index contributed by atoms with van der Waals surface area (Å²) in [6.07, 6.45) is 4.13. The van der Waals surface area contributed by atoms with Crippen LogP contribution in [-0.4, -0.2) is 38.2 Å². The van der Waals surface area contributed by atoms with Gasteiger partial charge < -0.3 is 10.3 Å². The first-order valence-corrected chi connectivity index (χ1v) is 11.2. The summed E-state index contributed by atoms with van der Waals surface area (Å²) in [5.74, 6) is 0.511. The van der Waals surface area contributed by atoms with Gasteiger partial charge >= 0.3 is 0 Å². The van der Waals surface area contributed by atoms with Crippen LogP contribution in [0.2, 0.25) is 0 Å².